The first kappa shape index (κ1) is 20.7. The maximum absolute atomic E-state index is 12.1. The van der Waals surface area contributed by atoms with Crippen LogP contribution in [-0.4, -0.2) is 32.7 Å². The van der Waals surface area contributed by atoms with Gasteiger partial charge < -0.3 is 19.5 Å². The molecule has 152 valence electrons. The molecule has 2 aromatic rings. The summed E-state index contributed by atoms with van der Waals surface area (Å²) in [6, 6.07) is 7.60. The van der Waals surface area contributed by atoms with Gasteiger partial charge in [0.05, 0.1) is 19.8 Å². The van der Waals surface area contributed by atoms with Crippen LogP contribution in [0.15, 0.2) is 18.2 Å². The number of ether oxygens (including phenoxy) is 3. The summed E-state index contributed by atoms with van der Waals surface area (Å²) in [5.74, 6) is 0.297. The van der Waals surface area contributed by atoms with E-state index in [1.54, 1.807) is 26.4 Å². The number of nitrogens with zero attached hydrogens (tertiary/aromatic N) is 1. The summed E-state index contributed by atoms with van der Waals surface area (Å²) in [5, 5.41) is 12.6. The quantitative estimate of drug-likeness (QED) is 0.666. The predicted octanol–water partition coefficient (Wildman–Crippen LogP) is 3.24. The number of hydrogen-bond donors (Lipinski definition) is 1. The van der Waals surface area contributed by atoms with Crippen LogP contribution in [0.1, 0.15) is 34.4 Å². The number of rotatable bonds is 8. The van der Waals surface area contributed by atoms with Gasteiger partial charge >= 0.3 is 5.97 Å². The van der Waals surface area contributed by atoms with Gasteiger partial charge in [-0.15, -0.1) is 11.3 Å². The molecule has 0 fully saturated rings. The molecule has 29 heavy (non-hydrogen) atoms. The van der Waals surface area contributed by atoms with E-state index in [0.29, 0.717) is 28.5 Å². The van der Waals surface area contributed by atoms with Crippen molar-refractivity contribution in [1.29, 1.82) is 5.26 Å². The Bertz CT molecular complexity index is 961. The fourth-order valence-electron chi connectivity index (χ4n) is 3.27. The van der Waals surface area contributed by atoms with Crippen molar-refractivity contribution >= 4 is 28.2 Å². The number of aryl methyl sites for hydroxylation is 2. The van der Waals surface area contributed by atoms with Gasteiger partial charge in [0.2, 0.25) is 0 Å². The van der Waals surface area contributed by atoms with E-state index in [-0.39, 0.29) is 13.0 Å². The first-order valence-electron chi connectivity index (χ1n) is 9.26. The molecular weight excluding hydrogens is 392 g/mol. The monoisotopic (exact) mass is 414 g/mol. The number of carbonyl (C=O) groups excluding carboxylic acids is 2. The van der Waals surface area contributed by atoms with E-state index in [1.807, 2.05) is 6.07 Å². The summed E-state index contributed by atoms with van der Waals surface area (Å²) in [6.07, 6.45) is 3.45. The highest BCUT2D eigenvalue weighted by Crippen LogP contribution is 2.38. The molecule has 1 aliphatic carbocycles. The minimum atomic E-state index is -0.468. The number of hydrogen-bond acceptors (Lipinski definition) is 7. The number of methoxy groups -OCH3 is 2. The van der Waals surface area contributed by atoms with Crippen LogP contribution in [0.4, 0.5) is 5.00 Å². The van der Waals surface area contributed by atoms with Gasteiger partial charge in [0, 0.05) is 11.3 Å². The fraction of sp³-hybridized carbons (Fsp3) is 0.381. The van der Waals surface area contributed by atoms with Crippen LogP contribution < -0.4 is 14.8 Å². The molecule has 0 unspecified atom stereocenters. The molecule has 0 aliphatic heterocycles. The summed E-state index contributed by atoms with van der Waals surface area (Å²) in [6.45, 7) is -0.377. The van der Waals surface area contributed by atoms with Crippen molar-refractivity contribution in [3.05, 3.63) is 39.8 Å². The average Bonchev–Trinajstić information content (AvgIpc) is 3.31. The van der Waals surface area contributed by atoms with Gasteiger partial charge in [-0.2, -0.15) is 5.26 Å². The lowest BCUT2D eigenvalue weighted by Crippen LogP contribution is -2.21. The number of carbonyl (C=O) groups is 2. The first-order valence-corrected chi connectivity index (χ1v) is 10.1. The van der Waals surface area contributed by atoms with E-state index in [9.17, 15) is 14.9 Å². The number of amides is 1. The number of nitriles is 1. The summed E-state index contributed by atoms with van der Waals surface area (Å²) < 4.78 is 15.5. The second-order valence-electron chi connectivity index (χ2n) is 6.57. The van der Waals surface area contributed by atoms with E-state index < -0.39 is 11.9 Å². The van der Waals surface area contributed by atoms with Crippen LogP contribution in [0.5, 0.6) is 11.5 Å². The van der Waals surface area contributed by atoms with Gasteiger partial charge in [0.25, 0.3) is 5.91 Å². The van der Waals surface area contributed by atoms with Crippen LogP contribution in [0, 0.1) is 11.3 Å². The largest absolute Gasteiger partial charge is 0.493 e. The summed E-state index contributed by atoms with van der Waals surface area (Å²) in [4.78, 5) is 25.3. The second kappa shape index (κ2) is 9.43. The maximum Gasteiger partial charge on any atom is 0.306 e. The van der Waals surface area contributed by atoms with Crippen molar-refractivity contribution < 1.29 is 23.8 Å². The van der Waals surface area contributed by atoms with E-state index in [0.717, 1.165) is 35.3 Å². The lowest BCUT2D eigenvalue weighted by atomic mass is 10.1. The van der Waals surface area contributed by atoms with E-state index in [2.05, 4.69) is 11.4 Å². The number of benzene rings is 1. The molecule has 0 saturated heterocycles. The number of thiophene rings is 1. The van der Waals surface area contributed by atoms with Crippen molar-refractivity contribution in [3.8, 4) is 17.6 Å². The third-order valence-corrected chi connectivity index (χ3v) is 5.92. The molecule has 0 saturated carbocycles. The average molecular weight is 414 g/mol. The van der Waals surface area contributed by atoms with Crippen LogP contribution in [0.2, 0.25) is 0 Å². The SMILES string of the molecule is COc1ccc(CCC(=O)OCC(=O)Nc2sc3c(c2C#N)CCC3)cc1OC. The Kier molecular flexibility index (Phi) is 6.73. The predicted molar refractivity (Wildman–Crippen MR) is 109 cm³/mol. The molecule has 0 bridgehead atoms. The van der Waals surface area contributed by atoms with Crippen molar-refractivity contribution in [2.75, 3.05) is 26.1 Å². The summed E-state index contributed by atoms with van der Waals surface area (Å²) in [5.41, 5.74) is 2.48. The molecule has 1 aromatic heterocycles. The standard InChI is InChI=1S/C21H22N2O5S/c1-26-16-8-6-13(10-17(16)27-2)7-9-20(25)28-12-19(24)23-21-15(11-22)14-4-3-5-18(14)29-21/h6,8,10H,3-5,7,9,12H2,1-2H3,(H,23,24). The van der Waals surface area contributed by atoms with Gasteiger partial charge in [-0.3, -0.25) is 9.59 Å². The minimum absolute atomic E-state index is 0.138. The summed E-state index contributed by atoms with van der Waals surface area (Å²) >= 11 is 1.43. The molecule has 1 N–H and O–H groups in total. The third kappa shape index (κ3) is 4.87. The van der Waals surface area contributed by atoms with Gasteiger partial charge in [-0.05, 0) is 48.9 Å². The normalized spacial score (nSPS) is 12.0. The third-order valence-electron chi connectivity index (χ3n) is 4.72. The first-order chi connectivity index (χ1) is 14.0. The highest BCUT2D eigenvalue weighted by molar-refractivity contribution is 7.16. The topological polar surface area (TPSA) is 97.6 Å². The minimum Gasteiger partial charge on any atom is -0.493 e. The highest BCUT2D eigenvalue weighted by atomic mass is 32.1. The van der Waals surface area contributed by atoms with E-state index >= 15 is 0 Å². The Hall–Kier alpha value is -3.05. The number of nitrogens with one attached hydrogen (secondary N) is 1. The molecule has 0 radical (unpaired) electrons. The Balaban J connectivity index is 1.47. The lowest BCUT2D eigenvalue weighted by molar-refractivity contribution is -0.147. The molecule has 3 rings (SSSR count). The second-order valence-corrected chi connectivity index (χ2v) is 7.68. The Morgan fingerprint density at radius 1 is 1.21 bits per heavy atom. The highest BCUT2D eigenvalue weighted by Gasteiger charge is 2.23. The van der Waals surface area contributed by atoms with Crippen molar-refractivity contribution in [2.45, 2.75) is 32.1 Å². The lowest BCUT2D eigenvalue weighted by Gasteiger charge is -2.09. The molecule has 7 nitrogen and oxygen atoms in total. The van der Waals surface area contributed by atoms with E-state index in [4.69, 9.17) is 14.2 Å². The Morgan fingerprint density at radius 2 is 2.00 bits per heavy atom. The Labute approximate surface area is 173 Å². The van der Waals surface area contributed by atoms with Crippen molar-refractivity contribution in [3.63, 3.8) is 0 Å². The zero-order chi connectivity index (χ0) is 20.8. The molecule has 1 amide bonds. The van der Waals surface area contributed by atoms with Gasteiger partial charge in [-0.25, -0.2) is 0 Å². The van der Waals surface area contributed by atoms with Crippen LogP contribution >= 0.6 is 11.3 Å². The molecular formula is C21H22N2O5S. The summed E-state index contributed by atoms with van der Waals surface area (Å²) in [7, 11) is 3.11. The zero-order valence-electron chi connectivity index (χ0n) is 16.4. The zero-order valence-corrected chi connectivity index (χ0v) is 17.2. The molecule has 0 spiro atoms. The smallest absolute Gasteiger partial charge is 0.306 e. The Morgan fingerprint density at radius 3 is 2.72 bits per heavy atom. The van der Waals surface area contributed by atoms with Crippen LogP contribution in [0.25, 0.3) is 0 Å². The van der Waals surface area contributed by atoms with Gasteiger partial charge in [0.1, 0.15) is 11.1 Å². The molecule has 1 aliphatic rings. The van der Waals surface area contributed by atoms with Crippen LogP contribution in [-0.2, 0) is 33.6 Å². The van der Waals surface area contributed by atoms with Crippen LogP contribution in [0.3, 0.4) is 0 Å². The van der Waals surface area contributed by atoms with Crippen molar-refractivity contribution in [1.82, 2.24) is 0 Å². The van der Waals surface area contributed by atoms with E-state index in [1.165, 1.54) is 11.3 Å². The number of fused-ring (bicyclic) bond motifs is 1. The molecule has 1 aromatic carbocycles. The molecule has 1 heterocycles. The molecule has 0 atom stereocenters. The fourth-order valence-corrected chi connectivity index (χ4v) is 4.53. The number of anilines is 1. The van der Waals surface area contributed by atoms with Gasteiger partial charge in [0.15, 0.2) is 18.1 Å². The molecule has 8 heteroatoms. The van der Waals surface area contributed by atoms with Crippen molar-refractivity contribution in [2.24, 2.45) is 0 Å². The maximum atomic E-state index is 12.1. The van der Waals surface area contributed by atoms with Gasteiger partial charge in [-0.1, -0.05) is 6.07 Å². The number of esters is 1.